The predicted molar refractivity (Wildman–Crippen MR) is 92.0 cm³/mol. The number of nitrogens with zero attached hydrogens (tertiary/aromatic N) is 1. The van der Waals surface area contributed by atoms with Crippen molar-refractivity contribution in [3.8, 4) is 17.1 Å². The van der Waals surface area contributed by atoms with E-state index in [9.17, 15) is 9.90 Å². The highest BCUT2D eigenvalue weighted by Crippen LogP contribution is 2.28. The number of carbonyl (C=O) groups is 1. The zero-order valence-electron chi connectivity index (χ0n) is 12.7. The number of aryl methyl sites for hydroxylation is 1. The monoisotopic (exact) mass is 342 g/mol. The Bertz CT molecular complexity index is 861. The third-order valence-electron chi connectivity index (χ3n) is 3.44. The fraction of sp³-hybridized carbons (Fsp3) is 0.111. The van der Waals surface area contributed by atoms with Crippen LogP contribution in [0.3, 0.4) is 0 Å². The molecule has 2 aromatic carbocycles. The first kappa shape index (κ1) is 16.1. The average Bonchev–Trinajstić information content (AvgIpc) is 3.04. The van der Waals surface area contributed by atoms with Crippen LogP contribution in [-0.2, 0) is 11.2 Å². The van der Waals surface area contributed by atoms with Crippen molar-refractivity contribution in [1.82, 2.24) is 4.98 Å². The van der Waals surface area contributed by atoms with Crippen LogP contribution >= 0.6 is 11.6 Å². The Labute approximate surface area is 143 Å². The van der Waals surface area contributed by atoms with Crippen molar-refractivity contribution >= 4 is 23.2 Å². The summed E-state index contributed by atoms with van der Waals surface area (Å²) < 4.78 is 5.65. The minimum absolute atomic E-state index is 0.0305. The quantitative estimate of drug-likeness (QED) is 0.679. The molecular formula is C18H15ClN2O3. The van der Waals surface area contributed by atoms with E-state index in [0.717, 1.165) is 5.56 Å². The summed E-state index contributed by atoms with van der Waals surface area (Å²) in [4.78, 5) is 16.1. The maximum atomic E-state index is 12.0. The van der Waals surface area contributed by atoms with E-state index < -0.39 is 0 Å². The van der Waals surface area contributed by atoms with Crippen molar-refractivity contribution in [3.63, 3.8) is 0 Å². The summed E-state index contributed by atoms with van der Waals surface area (Å²) in [5.41, 5.74) is 1.14. The Balaban J connectivity index is 1.61. The van der Waals surface area contributed by atoms with E-state index in [0.29, 0.717) is 28.8 Å². The van der Waals surface area contributed by atoms with E-state index >= 15 is 0 Å². The van der Waals surface area contributed by atoms with Gasteiger partial charge >= 0.3 is 0 Å². The van der Waals surface area contributed by atoms with Crippen molar-refractivity contribution < 1.29 is 14.3 Å². The Hall–Kier alpha value is -2.79. The molecular weight excluding hydrogens is 328 g/mol. The number of aromatic nitrogens is 1. The van der Waals surface area contributed by atoms with Crippen LogP contribution in [0.5, 0.6) is 5.75 Å². The molecule has 1 aromatic heterocycles. The Morgan fingerprint density at radius 2 is 1.92 bits per heavy atom. The molecule has 0 unspecified atom stereocenters. The molecule has 3 aromatic rings. The van der Waals surface area contributed by atoms with Gasteiger partial charge in [-0.05, 0) is 24.3 Å². The number of benzene rings is 2. The van der Waals surface area contributed by atoms with Gasteiger partial charge in [-0.25, -0.2) is 4.98 Å². The number of hydrogen-bond acceptors (Lipinski definition) is 4. The lowest BCUT2D eigenvalue weighted by atomic mass is 10.2. The highest BCUT2D eigenvalue weighted by atomic mass is 35.5. The standard InChI is InChI=1S/C18H15ClN2O3/c19-13-6-2-1-5-12(13)16-11-20-18(24-16)10-9-17(23)21-14-7-3-4-8-15(14)22/h1-8,11,22H,9-10H2,(H,21,23). The van der Waals surface area contributed by atoms with E-state index in [-0.39, 0.29) is 18.1 Å². The van der Waals surface area contributed by atoms with Crippen molar-refractivity contribution in [2.75, 3.05) is 5.32 Å². The molecule has 0 aliphatic carbocycles. The van der Waals surface area contributed by atoms with Gasteiger partial charge in [0.25, 0.3) is 0 Å². The summed E-state index contributed by atoms with van der Waals surface area (Å²) in [5.74, 6) is 0.825. The molecule has 3 rings (SSSR count). The first-order valence-electron chi connectivity index (χ1n) is 7.41. The molecule has 0 radical (unpaired) electrons. The summed E-state index contributed by atoms with van der Waals surface area (Å²) in [6, 6.07) is 13.9. The van der Waals surface area contributed by atoms with Gasteiger partial charge < -0.3 is 14.8 Å². The second-order valence-electron chi connectivity index (χ2n) is 5.16. The lowest BCUT2D eigenvalue weighted by molar-refractivity contribution is -0.116. The molecule has 24 heavy (non-hydrogen) atoms. The van der Waals surface area contributed by atoms with E-state index in [2.05, 4.69) is 10.3 Å². The van der Waals surface area contributed by atoms with Gasteiger partial charge in [0.1, 0.15) is 5.75 Å². The van der Waals surface area contributed by atoms with Gasteiger partial charge in [-0.2, -0.15) is 0 Å². The van der Waals surface area contributed by atoms with Crippen LogP contribution in [0.15, 0.2) is 59.1 Å². The number of anilines is 1. The summed E-state index contributed by atoms with van der Waals surface area (Å²) in [5, 5.41) is 12.9. The molecule has 0 saturated carbocycles. The number of phenols is 1. The summed E-state index contributed by atoms with van der Waals surface area (Å²) >= 11 is 6.13. The number of nitrogens with one attached hydrogen (secondary N) is 1. The number of oxazole rings is 1. The van der Waals surface area contributed by atoms with Crippen LogP contribution in [-0.4, -0.2) is 16.0 Å². The number of carbonyl (C=O) groups excluding carboxylic acids is 1. The minimum Gasteiger partial charge on any atom is -0.506 e. The first-order valence-corrected chi connectivity index (χ1v) is 7.79. The first-order chi connectivity index (χ1) is 11.6. The normalized spacial score (nSPS) is 10.5. The number of halogens is 1. The van der Waals surface area contributed by atoms with Crippen LogP contribution in [0.1, 0.15) is 12.3 Å². The molecule has 0 fully saturated rings. The second kappa shape index (κ2) is 7.19. The summed E-state index contributed by atoms with van der Waals surface area (Å²) in [6.07, 6.45) is 2.14. The van der Waals surface area contributed by atoms with Crippen LogP contribution in [0.2, 0.25) is 5.02 Å². The molecule has 1 amide bonds. The maximum Gasteiger partial charge on any atom is 0.224 e. The Kier molecular flexibility index (Phi) is 4.82. The number of phenolic OH excluding ortho intramolecular Hbond substituents is 1. The third kappa shape index (κ3) is 3.75. The van der Waals surface area contributed by atoms with Crippen LogP contribution in [0, 0.1) is 0 Å². The molecule has 5 nitrogen and oxygen atoms in total. The molecule has 1 heterocycles. The van der Waals surface area contributed by atoms with Gasteiger partial charge in [0.05, 0.1) is 16.9 Å². The highest BCUT2D eigenvalue weighted by molar-refractivity contribution is 6.33. The second-order valence-corrected chi connectivity index (χ2v) is 5.57. The van der Waals surface area contributed by atoms with E-state index in [1.807, 2.05) is 18.2 Å². The molecule has 0 bridgehead atoms. The lowest BCUT2D eigenvalue weighted by Gasteiger charge is -2.05. The number of rotatable bonds is 5. The Morgan fingerprint density at radius 3 is 2.71 bits per heavy atom. The van der Waals surface area contributed by atoms with Gasteiger partial charge in [0, 0.05) is 18.4 Å². The number of para-hydroxylation sites is 2. The molecule has 2 N–H and O–H groups in total. The molecule has 122 valence electrons. The SMILES string of the molecule is O=C(CCc1ncc(-c2ccccc2Cl)o1)Nc1ccccc1O. The minimum atomic E-state index is -0.228. The molecule has 0 spiro atoms. The summed E-state index contributed by atoms with van der Waals surface area (Å²) in [7, 11) is 0. The van der Waals surface area contributed by atoms with Crippen molar-refractivity contribution in [3.05, 3.63) is 65.6 Å². The summed E-state index contributed by atoms with van der Waals surface area (Å²) in [6.45, 7) is 0. The number of aromatic hydroxyl groups is 1. The molecule has 0 saturated heterocycles. The molecule has 0 atom stereocenters. The van der Waals surface area contributed by atoms with E-state index in [1.54, 1.807) is 30.5 Å². The van der Waals surface area contributed by atoms with Gasteiger partial charge in [-0.15, -0.1) is 0 Å². The van der Waals surface area contributed by atoms with Crippen LogP contribution in [0.4, 0.5) is 5.69 Å². The average molecular weight is 343 g/mol. The zero-order valence-corrected chi connectivity index (χ0v) is 13.5. The van der Waals surface area contributed by atoms with E-state index in [4.69, 9.17) is 16.0 Å². The topological polar surface area (TPSA) is 75.4 Å². The Morgan fingerprint density at radius 1 is 1.17 bits per heavy atom. The van der Waals surface area contributed by atoms with Gasteiger partial charge in [0.2, 0.25) is 5.91 Å². The fourth-order valence-corrected chi connectivity index (χ4v) is 2.45. The largest absolute Gasteiger partial charge is 0.506 e. The fourth-order valence-electron chi connectivity index (χ4n) is 2.22. The highest BCUT2D eigenvalue weighted by Gasteiger charge is 2.12. The van der Waals surface area contributed by atoms with Crippen LogP contribution in [0.25, 0.3) is 11.3 Å². The van der Waals surface area contributed by atoms with Crippen molar-refractivity contribution in [1.29, 1.82) is 0 Å². The van der Waals surface area contributed by atoms with Crippen molar-refractivity contribution in [2.45, 2.75) is 12.8 Å². The van der Waals surface area contributed by atoms with Crippen LogP contribution < -0.4 is 5.32 Å². The number of hydrogen-bond donors (Lipinski definition) is 2. The lowest BCUT2D eigenvalue weighted by Crippen LogP contribution is -2.12. The van der Waals surface area contributed by atoms with Crippen molar-refractivity contribution in [2.24, 2.45) is 0 Å². The van der Waals surface area contributed by atoms with Gasteiger partial charge in [0.15, 0.2) is 11.7 Å². The van der Waals surface area contributed by atoms with Gasteiger partial charge in [-0.3, -0.25) is 4.79 Å². The zero-order chi connectivity index (χ0) is 16.9. The maximum absolute atomic E-state index is 12.0. The van der Waals surface area contributed by atoms with E-state index in [1.165, 1.54) is 6.07 Å². The molecule has 6 heteroatoms. The number of amides is 1. The third-order valence-corrected chi connectivity index (χ3v) is 3.77. The van der Waals surface area contributed by atoms with Gasteiger partial charge in [-0.1, -0.05) is 35.9 Å². The molecule has 0 aliphatic rings. The predicted octanol–water partition coefficient (Wildman–Crippen LogP) is 4.27. The smallest absolute Gasteiger partial charge is 0.224 e. The molecule has 0 aliphatic heterocycles.